The van der Waals surface area contributed by atoms with Gasteiger partial charge in [0, 0.05) is 46.3 Å². The van der Waals surface area contributed by atoms with Gasteiger partial charge in [-0.05, 0) is 55.5 Å². The third kappa shape index (κ3) is 5.39. The minimum Gasteiger partial charge on any atom is -0.486 e. The van der Waals surface area contributed by atoms with Gasteiger partial charge in [-0.25, -0.2) is 4.98 Å². The third-order valence-electron chi connectivity index (χ3n) is 8.57. The molecule has 1 N–H and O–H groups in total. The maximum absolute atomic E-state index is 14.2. The summed E-state index contributed by atoms with van der Waals surface area (Å²) in [5, 5.41) is 10.8. The summed E-state index contributed by atoms with van der Waals surface area (Å²) >= 11 is 5.30. The molecule has 2 aromatic carbocycles. The Kier molecular flexibility index (Phi) is 7.87. The number of halogens is 1. The van der Waals surface area contributed by atoms with Gasteiger partial charge in [0.2, 0.25) is 5.91 Å². The molecule has 3 heterocycles. The van der Waals surface area contributed by atoms with Crippen molar-refractivity contribution >= 4 is 45.1 Å². The largest absolute Gasteiger partial charge is 0.486 e. The lowest BCUT2D eigenvalue weighted by Gasteiger charge is -2.43. The Balaban J connectivity index is 1.38. The van der Waals surface area contributed by atoms with Crippen molar-refractivity contribution in [1.82, 2.24) is 14.8 Å². The van der Waals surface area contributed by atoms with Gasteiger partial charge in [-0.3, -0.25) is 14.4 Å². The maximum atomic E-state index is 14.2. The van der Waals surface area contributed by atoms with Crippen LogP contribution in [0.2, 0.25) is 0 Å². The molecule has 2 aliphatic heterocycles. The number of fused-ring (bicyclic) bond motifs is 2. The molecule has 1 aliphatic carbocycles. The minimum atomic E-state index is -0.910. The highest BCUT2D eigenvalue weighted by Gasteiger charge is 2.44. The van der Waals surface area contributed by atoms with Gasteiger partial charge in [-0.2, -0.15) is 0 Å². The zero-order valence-electron chi connectivity index (χ0n) is 22.8. The molecular formula is C31H32BrN3O5S. The van der Waals surface area contributed by atoms with Crippen LogP contribution >= 0.6 is 27.3 Å². The molecule has 3 aliphatic rings. The summed E-state index contributed by atoms with van der Waals surface area (Å²) < 4.78 is 7.30. The summed E-state index contributed by atoms with van der Waals surface area (Å²) in [6.07, 6.45) is 5.14. The predicted octanol–water partition coefficient (Wildman–Crippen LogP) is 5.77. The molecule has 0 spiro atoms. The average Bonchev–Trinajstić information content (AvgIpc) is 3.54. The number of thiazole rings is 1. The van der Waals surface area contributed by atoms with Crippen molar-refractivity contribution in [2.75, 3.05) is 13.1 Å². The van der Waals surface area contributed by atoms with E-state index in [1.54, 1.807) is 16.2 Å². The van der Waals surface area contributed by atoms with Gasteiger partial charge >= 0.3 is 5.97 Å². The lowest BCUT2D eigenvalue weighted by molar-refractivity contribution is -0.153. The number of aromatic nitrogens is 1. The summed E-state index contributed by atoms with van der Waals surface area (Å²) in [6, 6.07) is 11.0. The van der Waals surface area contributed by atoms with Crippen molar-refractivity contribution < 1.29 is 24.2 Å². The second-order valence-electron chi connectivity index (χ2n) is 11.1. The number of carboxylic acid groups (broad SMARTS) is 1. The summed E-state index contributed by atoms with van der Waals surface area (Å²) in [5.41, 5.74) is 3.58. The van der Waals surface area contributed by atoms with E-state index in [0.29, 0.717) is 56.8 Å². The number of carbonyl (C=O) groups is 3. The van der Waals surface area contributed by atoms with Crippen molar-refractivity contribution in [2.45, 2.75) is 58.2 Å². The van der Waals surface area contributed by atoms with E-state index >= 15 is 0 Å². The highest BCUT2D eigenvalue weighted by atomic mass is 79.9. The Labute approximate surface area is 251 Å². The van der Waals surface area contributed by atoms with Gasteiger partial charge < -0.3 is 19.6 Å². The first-order valence-corrected chi connectivity index (χ1v) is 15.7. The molecule has 3 aromatic rings. The molecule has 1 fully saturated rings. The molecule has 6 rings (SSSR count). The monoisotopic (exact) mass is 637 g/mol. The first kappa shape index (κ1) is 27.9. The first-order chi connectivity index (χ1) is 19.8. The normalized spacial score (nSPS) is 21.9. The van der Waals surface area contributed by atoms with Crippen LogP contribution in [0.5, 0.6) is 5.75 Å². The Morgan fingerprint density at radius 1 is 1.15 bits per heavy atom. The number of ether oxygens (including phenoxy) is 1. The van der Waals surface area contributed by atoms with Gasteiger partial charge in [-0.1, -0.05) is 47.0 Å². The molecular weight excluding hydrogens is 606 g/mol. The van der Waals surface area contributed by atoms with Crippen molar-refractivity contribution in [1.29, 1.82) is 0 Å². The fourth-order valence-electron chi connectivity index (χ4n) is 6.57. The Bertz CT molecular complexity index is 1510. The van der Waals surface area contributed by atoms with Crippen LogP contribution in [0.3, 0.4) is 0 Å². The minimum absolute atomic E-state index is 0.0584. The Morgan fingerprint density at radius 3 is 2.66 bits per heavy atom. The molecule has 1 saturated carbocycles. The van der Waals surface area contributed by atoms with Gasteiger partial charge in [0.25, 0.3) is 5.91 Å². The van der Waals surface area contributed by atoms with Crippen LogP contribution in [-0.2, 0) is 29.2 Å². The van der Waals surface area contributed by atoms with Crippen LogP contribution < -0.4 is 4.74 Å². The van der Waals surface area contributed by atoms with Crippen LogP contribution in [-0.4, -0.2) is 50.8 Å². The number of aliphatic carboxylic acids is 1. The zero-order valence-corrected chi connectivity index (χ0v) is 25.2. The average molecular weight is 639 g/mol. The van der Waals surface area contributed by atoms with E-state index in [2.05, 4.69) is 20.9 Å². The lowest BCUT2D eigenvalue weighted by atomic mass is 9.77. The van der Waals surface area contributed by atoms with Crippen molar-refractivity contribution in [2.24, 2.45) is 11.8 Å². The van der Waals surface area contributed by atoms with Crippen molar-refractivity contribution in [3.8, 4) is 5.75 Å². The molecule has 3 atom stereocenters. The highest BCUT2D eigenvalue weighted by molar-refractivity contribution is 9.10. The summed E-state index contributed by atoms with van der Waals surface area (Å²) in [7, 11) is 0. The number of carbonyl (C=O) groups excluding carboxylic acids is 2. The van der Waals surface area contributed by atoms with Crippen LogP contribution in [0.15, 0.2) is 47.1 Å². The Hall–Kier alpha value is -3.24. The number of nitrogens with zero attached hydrogens (tertiary/aromatic N) is 3. The third-order valence-corrected chi connectivity index (χ3v) is 10.2. The summed E-state index contributed by atoms with van der Waals surface area (Å²) in [5.74, 6) is -1.72. The van der Waals surface area contributed by atoms with Gasteiger partial charge in [0.15, 0.2) is 0 Å². The first-order valence-electron chi connectivity index (χ1n) is 14.1. The van der Waals surface area contributed by atoms with Gasteiger partial charge in [0.05, 0.1) is 17.9 Å². The highest BCUT2D eigenvalue weighted by Crippen LogP contribution is 2.44. The molecule has 3 unspecified atom stereocenters. The van der Waals surface area contributed by atoms with Crippen LogP contribution in [0.25, 0.3) is 0 Å². The molecule has 0 saturated heterocycles. The fourth-order valence-corrected chi connectivity index (χ4v) is 7.82. The molecule has 1 aromatic heterocycles. The van der Waals surface area contributed by atoms with E-state index in [1.165, 1.54) is 0 Å². The van der Waals surface area contributed by atoms with Crippen LogP contribution in [0.4, 0.5) is 0 Å². The van der Waals surface area contributed by atoms with E-state index in [0.717, 1.165) is 43.9 Å². The SMILES string of the molecule is Cc1cnc(COc2ccc(Br)c3c2C(CN2Cc4ccccc4C2=O)N(C(=O)C2CCCCC2C(=O)O)CC3)s1. The van der Waals surface area contributed by atoms with Crippen LogP contribution in [0.1, 0.15) is 68.7 Å². The predicted molar refractivity (Wildman–Crippen MR) is 158 cm³/mol. The number of amides is 2. The Morgan fingerprint density at radius 2 is 1.93 bits per heavy atom. The second-order valence-corrected chi connectivity index (χ2v) is 13.2. The molecule has 0 radical (unpaired) electrons. The number of carboxylic acids is 1. The molecule has 2 amide bonds. The zero-order chi connectivity index (χ0) is 28.7. The van der Waals surface area contributed by atoms with Crippen molar-refractivity contribution in [3.05, 3.63) is 79.2 Å². The topological polar surface area (TPSA) is 100 Å². The smallest absolute Gasteiger partial charge is 0.307 e. The number of rotatable bonds is 7. The van der Waals surface area contributed by atoms with Crippen LogP contribution in [0, 0.1) is 18.8 Å². The fraction of sp³-hybridized carbons (Fsp3) is 0.419. The number of aryl methyl sites for hydroxylation is 1. The van der Waals surface area contributed by atoms with E-state index < -0.39 is 23.8 Å². The lowest BCUT2D eigenvalue weighted by Crippen LogP contribution is -2.50. The maximum Gasteiger partial charge on any atom is 0.307 e. The number of benzene rings is 2. The molecule has 41 heavy (non-hydrogen) atoms. The van der Waals surface area contributed by atoms with Gasteiger partial charge in [-0.15, -0.1) is 11.3 Å². The molecule has 10 heteroatoms. The molecule has 8 nitrogen and oxygen atoms in total. The standard InChI is InChI=1S/C31H32BrN3O5S/c1-18-14-33-27(41-18)17-40-26-11-10-24(32)23-12-13-35(30(37)21-8-4-5-9-22(21)31(38)39)25(28(23)26)16-34-15-19-6-2-3-7-20(19)29(34)36/h2-3,6-7,10-11,14,21-22,25H,4-5,8-9,12-13,15-17H2,1H3,(H,38,39). The van der Waals surface area contributed by atoms with E-state index in [1.807, 2.05) is 54.4 Å². The van der Waals surface area contributed by atoms with E-state index in [4.69, 9.17) is 4.74 Å². The number of hydrogen-bond donors (Lipinski definition) is 1. The van der Waals surface area contributed by atoms with E-state index in [9.17, 15) is 19.5 Å². The molecule has 0 bridgehead atoms. The number of hydrogen-bond acceptors (Lipinski definition) is 6. The second kappa shape index (κ2) is 11.6. The molecule has 214 valence electrons. The summed E-state index contributed by atoms with van der Waals surface area (Å²) in [4.78, 5) is 49.0. The van der Waals surface area contributed by atoms with E-state index in [-0.39, 0.29) is 11.8 Å². The van der Waals surface area contributed by atoms with Gasteiger partial charge in [0.1, 0.15) is 17.4 Å². The van der Waals surface area contributed by atoms with Crippen molar-refractivity contribution in [3.63, 3.8) is 0 Å². The quantitative estimate of drug-likeness (QED) is 0.353. The summed E-state index contributed by atoms with van der Waals surface area (Å²) in [6.45, 7) is 3.50.